The van der Waals surface area contributed by atoms with Crippen molar-refractivity contribution in [2.45, 2.75) is 45.3 Å². The number of aromatic nitrogens is 2. The van der Waals surface area contributed by atoms with Crippen LogP contribution in [0.4, 0.5) is 0 Å². The molecule has 7 heteroatoms. The minimum atomic E-state index is -0.277. The number of likely N-dealkylation sites (N-methyl/N-ethyl adjacent to an activating group) is 1. The first-order chi connectivity index (χ1) is 11.4. The summed E-state index contributed by atoms with van der Waals surface area (Å²) < 4.78 is 1.57. The number of fused-ring (bicyclic) bond motifs is 1. The summed E-state index contributed by atoms with van der Waals surface area (Å²) in [7, 11) is 2.15. The summed E-state index contributed by atoms with van der Waals surface area (Å²) in [5, 5.41) is 3.14. The lowest BCUT2D eigenvalue weighted by Crippen LogP contribution is -2.48. The quantitative estimate of drug-likeness (QED) is 0.823. The van der Waals surface area contributed by atoms with Crippen molar-refractivity contribution in [2.24, 2.45) is 0 Å². The zero-order valence-electron chi connectivity index (χ0n) is 14.8. The first-order valence-corrected chi connectivity index (χ1v) is 8.69. The predicted molar refractivity (Wildman–Crippen MR) is 92.0 cm³/mol. The van der Waals surface area contributed by atoms with Crippen LogP contribution in [0.2, 0.25) is 0 Å². The number of nitrogens with one attached hydrogen (secondary N) is 1. The average Bonchev–Trinajstić information content (AvgIpc) is 2.87. The molecule has 3 rings (SSSR count). The highest BCUT2D eigenvalue weighted by atomic mass is 16.2. The van der Waals surface area contributed by atoms with Crippen molar-refractivity contribution >= 4 is 5.91 Å². The van der Waals surface area contributed by atoms with Gasteiger partial charge in [0.2, 0.25) is 5.91 Å². The van der Waals surface area contributed by atoms with Crippen LogP contribution in [-0.2, 0) is 11.3 Å². The molecule has 132 valence electrons. The third-order valence-corrected chi connectivity index (χ3v) is 5.09. The molecule has 1 aromatic rings. The smallest absolute Gasteiger partial charge is 0.347 e. The molecule has 2 fully saturated rings. The van der Waals surface area contributed by atoms with Gasteiger partial charge in [-0.2, -0.15) is 4.98 Å². The second kappa shape index (κ2) is 7.03. The zero-order valence-corrected chi connectivity index (χ0v) is 14.8. The molecule has 24 heavy (non-hydrogen) atoms. The molecule has 3 heterocycles. The third-order valence-electron chi connectivity index (χ3n) is 5.09. The molecule has 0 saturated carbocycles. The Balaban J connectivity index is 1.51. The maximum absolute atomic E-state index is 12.3. The van der Waals surface area contributed by atoms with E-state index in [4.69, 9.17) is 0 Å². The first-order valence-electron chi connectivity index (χ1n) is 8.69. The monoisotopic (exact) mass is 333 g/mol. The van der Waals surface area contributed by atoms with Crippen LogP contribution in [-0.4, -0.2) is 70.6 Å². The summed E-state index contributed by atoms with van der Waals surface area (Å²) in [6.45, 7) is 8.26. The van der Waals surface area contributed by atoms with Gasteiger partial charge in [0.25, 0.3) is 0 Å². The van der Waals surface area contributed by atoms with Gasteiger partial charge in [-0.15, -0.1) is 0 Å². The molecular formula is C17H27N5O2. The van der Waals surface area contributed by atoms with Gasteiger partial charge >= 0.3 is 5.69 Å². The van der Waals surface area contributed by atoms with Gasteiger partial charge in [-0.1, -0.05) is 0 Å². The van der Waals surface area contributed by atoms with Crippen molar-refractivity contribution in [3.63, 3.8) is 0 Å². The van der Waals surface area contributed by atoms with Crippen molar-refractivity contribution < 1.29 is 4.79 Å². The van der Waals surface area contributed by atoms with Gasteiger partial charge in [0.1, 0.15) is 0 Å². The molecule has 0 spiro atoms. The maximum atomic E-state index is 12.3. The molecule has 1 N–H and O–H groups in total. The molecule has 1 aromatic heterocycles. The Morgan fingerprint density at radius 2 is 2.12 bits per heavy atom. The lowest BCUT2D eigenvalue weighted by atomic mass is 10.1. The van der Waals surface area contributed by atoms with Crippen LogP contribution in [0.25, 0.3) is 0 Å². The van der Waals surface area contributed by atoms with E-state index in [0.717, 1.165) is 38.3 Å². The van der Waals surface area contributed by atoms with E-state index in [1.54, 1.807) is 11.5 Å². The van der Waals surface area contributed by atoms with Gasteiger partial charge in [0.05, 0.1) is 0 Å². The maximum Gasteiger partial charge on any atom is 0.347 e. The molecule has 7 nitrogen and oxygen atoms in total. The molecule has 0 bridgehead atoms. The van der Waals surface area contributed by atoms with Gasteiger partial charge < -0.3 is 10.2 Å². The van der Waals surface area contributed by atoms with Crippen LogP contribution < -0.4 is 11.0 Å². The molecule has 2 aliphatic heterocycles. The Morgan fingerprint density at radius 3 is 2.88 bits per heavy atom. The van der Waals surface area contributed by atoms with E-state index in [0.29, 0.717) is 24.7 Å². The summed E-state index contributed by atoms with van der Waals surface area (Å²) in [5.41, 5.74) is 1.29. The molecule has 2 saturated heterocycles. The molecule has 2 atom stereocenters. The summed E-state index contributed by atoms with van der Waals surface area (Å²) in [4.78, 5) is 32.9. The number of nitrogens with zero attached hydrogens (tertiary/aromatic N) is 4. The van der Waals surface area contributed by atoms with Crippen LogP contribution in [0.5, 0.6) is 0 Å². The minimum Gasteiger partial charge on any atom is -0.352 e. The normalized spacial score (nSPS) is 24.8. The molecule has 1 amide bonds. The Hall–Kier alpha value is -1.73. The first kappa shape index (κ1) is 17.1. The molecule has 0 aliphatic carbocycles. The zero-order chi connectivity index (χ0) is 17.3. The Bertz CT molecular complexity index is 671. The number of hydrogen-bond donors (Lipinski definition) is 1. The average molecular weight is 333 g/mol. The van der Waals surface area contributed by atoms with Crippen LogP contribution in [0.3, 0.4) is 0 Å². The van der Waals surface area contributed by atoms with Gasteiger partial charge in [-0.25, -0.2) is 4.79 Å². The highest BCUT2D eigenvalue weighted by Gasteiger charge is 2.35. The van der Waals surface area contributed by atoms with E-state index in [9.17, 15) is 9.59 Å². The Kier molecular flexibility index (Phi) is 5.01. The van der Waals surface area contributed by atoms with Crippen molar-refractivity contribution in [2.75, 3.05) is 33.2 Å². The van der Waals surface area contributed by atoms with E-state index < -0.39 is 0 Å². The lowest BCUT2D eigenvalue weighted by molar-refractivity contribution is -0.121. The summed E-state index contributed by atoms with van der Waals surface area (Å²) in [6, 6.07) is 2.65. The topological polar surface area (TPSA) is 70.5 Å². The van der Waals surface area contributed by atoms with E-state index >= 15 is 0 Å². The number of carbonyl (C=O) groups excluding carboxylic acids is 1. The lowest BCUT2D eigenvalue weighted by Gasteiger charge is -2.34. The SMILES string of the molecule is Cc1cc(C)n(CCC(=O)N[C@H]2C[C@H]3CN(C)CCN3C2)c(=O)n1. The van der Waals surface area contributed by atoms with Crippen LogP contribution in [0.15, 0.2) is 10.9 Å². The van der Waals surface area contributed by atoms with E-state index in [1.165, 1.54) is 0 Å². The number of rotatable bonds is 4. The fraction of sp³-hybridized carbons (Fsp3) is 0.706. The van der Waals surface area contributed by atoms with Gasteiger partial charge in [-0.3, -0.25) is 14.3 Å². The van der Waals surface area contributed by atoms with E-state index in [-0.39, 0.29) is 17.6 Å². The summed E-state index contributed by atoms with van der Waals surface area (Å²) in [5.74, 6) is 0.0140. The van der Waals surface area contributed by atoms with E-state index in [2.05, 4.69) is 27.1 Å². The number of amides is 1. The second-order valence-corrected chi connectivity index (χ2v) is 7.13. The highest BCUT2D eigenvalue weighted by molar-refractivity contribution is 5.76. The number of hydrogen-bond acceptors (Lipinski definition) is 5. The number of piperazine rings is 1. The van der Waals surface area contributed by atoms with Crippen LogP contribution in [0, 0.1) is 13.8 Å². The van der Waals surface area contributed by atoms with Crippen molar-refractivity contribution in [3.05, 3.63) is 27.9 Å². The molecule has 0 aromatic carbocycles. The van der Waals surface area contributed by atoms with E-state index in [1.807, 2.05) is 13.0 Å². The molecule has 2 aliphatic rings. The Labute approximate surface area is 142 Å². The minimum absolute atomic E-state index is 0.0140. The van der Waals surface area contributed by atoms with Gasteiger partial charge in [0.15, 0.2) is 0 Å². The number of carbonyl (C=O) groups is 1. The van der Waals surface area contributed by atoms with Crippen LogP contribution in [0.1, 0.15) is 24.2 Å². The predicted octanol–water partition coefficient (Wildman–Crippen LogP) is -0.245. The van der Waals surface area contributed by atoms with Crippen molar-refractivity contribution in [1.29, 1.82) is 0 Å². The highest BCUT2D eigenvalue weighted by Crippen LogP contribution is 2.21. The largest absolute Gasteiger partial charge is 0.352 e. The summed E-state index contributed by atoms with van der Waals surface area (Å²) >= 11 is 0. The standard InChI is InChI=1S/C17H27N5O2/c1-12-8-13(2)22(17(24)18-12)5-4-16(23)19-14-9-15-11-20(3)6-7-21(15)10-14/h8,14-15H,4-7,9-11H2,1-3H3,(H,19,23)/t14-,15-/m0/s1. The molecule has 0 unspecified atom stereocenters. The third kappa shape index (κ3) is 3.84. The van der Waals surface area contributed by atoms with Gasteiger partial charge in [0, 0.05) is 62.6 Å². The molecule has 0 radical (unpaired) electrons. The van der Waals surface area contributed by atoms with Crippen LogP contribution >= 0.6 is 0 Å². The van der Waals surface area contributed by atoms with Crippen molar-refractivity contribution in [3.8, 4) is 0 Å². The number of aryl methyl sites for hydroxylation is 2. The fourth-order valence-corrected chi connectivity index (χ4v) is 3.86. The van der Waals surface area contributed by atoms with Gasteiger partial charge in [-0.05, 0) is 33.4 Å². The summed E-state index contributed by atoms with van der Waals surface area (Å²) in [6.07, 6.45) is 1.33. The second-order valence-electron chi connectivity index (χ2n) is 7.13. The van der Waals surface area contributed by atoms with Crippen molar-refractivity contribution in [1.82, 2.24) is 24.7 Å². The molecular weight excluding hydrogens is 306 g/mol. The fourth-order valence-electron chi connectivity index (χ4n) is 3.86. The Morgan fingerprint density at radius 1 is 1.33 bits per heavy atom.